The standard InChI is InChI=1S/C23H18ClF2N7O2/c1-14(23(35,10-31-12-27-11-30-31)19-7-4-16(25)8-20(19)26)32-13-28-21-18(22(32)34)9-29-33(21)17-5-2-15(24)3-6-17/h2-9,11-14,35H,10H2,1H3. The molecule has 0 saturated heterocycles. The summed E-state index contributed by atoms with van der Waals surface area (Å²) in [4.78, 5) is 21.7. The zero-order chi connectivity index (χ0) is 24.7. The van der Waals surface area contributed by atoms with Crippen LogP contribution in [0.1, 0.15) is 18.5 Å². The number of aromatic nitrogens is 7. The maximum absolute atomic E-state index is 14.9. The van der Waals surface area contributed by atoms with Gasteiger partial charge in [0.2, 0.25) is 0 Å². The molecule has 0 aliphatic heterocycles. The minimum absolute atomic E-state index is 0.192. The van der Waals surface area contributed by atoms with E-state index in [1.807, 2.05) is 0 Å². The molecule has 0 aliphatic rings. The van der Waals surface area contributed by atoms with Gasteiger partial charge in [-0.1, -0.05) is 17.7 Å². The third-order valence-corrected chi connectivity index (χ3v) is 6.21. The molecule has 1 N–H and O–H groups in total. The largest absolute Gasteiger partial charge is 0.381 e. The van der Waals surface area contributed by atoms with Crippen LogP contribution in [0.4, 0.5) is 8.78 Å². The average molecular weight is 498 g/mol. The fourth-order valence-electron chi connectivity index (χ4n) is 4.05. The van der Waals surface area contributed by atoms with Crippen LogP contribution in [0, 0.1) is 11.6 Å². The monoisotopic (exact) mass is 497 g/mol. The Morgan fingerprint density at radius 1 is 1.11 bits per heavy atom. The first kappa shape index (κ1) is 22.8. The molecule has 9 nitrogen and oxygen atoms in total. The van der Waals surface area contributed by atoms with Crippen LogP contribution in [0.5, 0.6) is 0 Å². The predicted molar refractivity (Wildman–Crippen MR) is 123 cm³/mol. The fraction of sp³-hybridized carbons (Fsp3) is 0.174. The molecule has 2 atom stereocenters. The van der Waals surface area contributed by atoms with Crippen molar-refractivity contribution in [3.63, 3.8) is 0 Å². The van der Waals surface area contributed by atoms with Crippen molar-refractivity contribution < 1.29 is 13.9 Å². The number of nitrogens with zero attached hydrogens (tertiary/aromatic N) is 7. The Balaban J connectivity index is 1.62. The smallest absolute Gasteiger partial charge is 0.264 e. The highest BCUT2D eigenvalue weighted by molar-refractivity contribution is 6.30. The van der Waals surface area contributed by atoms with E-state index in [-0.39, 0.29) is 17.5 Å². The van der Waals surface area contributed by atoms with Gasteiger partial charge in [0.1, 0.15) is 41.6 Å². The molecule has 0 amide bonds. The summed E-state index contributed by atoms with van der Waals surface area (Å²) in [6.07, 6.45) is 5.24. The Morgan fingerprint density at radius 3 is 2.57 bits per heavy atom. The highest BCUT2D eigenvalue weighted by Crippen LogP contribution is 2.36. The van der Waals surface area contributed by atoms with Gasteiger partial charge in [0.25, 0.3) is 5.56 Å². The molecule has 35 heavy (non-hydrogen) atoms. The Morgan fingerprint density at radius 2 is 1.89 bits per heavy atom. The van der Waals surface area contributed by atoms with Gasteiger partial charge >= 0.3 is 0 Å². The maximum atomic E-state index is 14.9. The van der Waals surface area contributed by atoms with Crippen molar-refractivity contribution in [2.24, 2.45) is 0 Å². The molecule has 0 aliphatic carbocycles. The lowest BCUT2D eigenvalue weighted by Gasteiger charge is -2.35. The van der Waals surface area contributed by atoms with Crippen molar-refractivity contribution in [1.82, 2.24) is 34.1 Å². The number of hydrogen-bond acceptors (Lipinski definition) is 6. The van der Waals surface area contributed by atoms with E-state index in [9.17, 15) is 18.7 Å². The Bertz CT molecular complexity index is 1570. The summed E-state index contributed by atoms with van der Waals surface area (Å²) in [6.45, 7) is 1.28. The molecule has 2 unspecified atom stereocenters. The molecule has 178 valence electrons. The summed E-state index contributed by atoms with van der Waals surface area (Å²) >= 11 is 5.96. The highest BCUT2D eigenvalue weighted by Gasteiger charge is 2.41. The van der Waals surface area contributed by atoms with Crippen molar-refractivity contribution in [2.75, 3.05) is 0 Å². The van der Waals surface area contributed by atoms with E-state index in [0.717, 1.165) is 12.1 Å². The normalized spacial score (nSPS) is 14.2. The molecule has 3 heterocycles. The summed E-state index contributed by atoms with van der Waals surface area (Å²) < 4.78 is 32.4. The van der Waals surface area contributed by atoms with Gasteiger partial charge in [-0.3, -0.25) is 9.36 Å². The van der Waals surface area contributed by atoms with E-state index >= 15 is 0 Å². The van der Waals surface area contributed by atoms with Gasteiger partial charge in [0, 0.05) is 16.7 Å². The second-order valence-electron chi connectivity index (χ2n) is 8.04. The maximum Gasteiger partial charge on any atom is 0.264 e. The molecule has 0 fully saturated rings. The van der Waals surface area contributed by atoms with E-state index in [1.54, 1.807) is 24.3 Å². The first-order valence-electron chi connectivity index (χ1n) is 10.5. The van der Waals surface area contributed by atoms with Crippen molar-refractivity contribution in [1.29, 1.82) is 0 Å². The van der Waals surface area contributed by atoms with Crippen LogP contribution < -0.4 is 5.56 Å². The van der Waals surface area contributed by atoms with Gasteiger partial charge in [-0.25, -0.2) is 28.1 Å². The average Bonchev–Trinajstić information content (AvgIpc) is 3.49. The SMILES string of the molecule is CC(n1cnc2c(cnn2-c2ccc(Cl)cc2)c1=O)C(O)(Cn1cncn1)c1ccc(F)cc1F. The summed E-state index contributed by atoms with van der Waals surface area (Å²) in [5, 5.41) is 20.8. The molecule has 0 saturated carbocycles. The first-order valence-corrected chi connectivity index (χ1v) is 10.9. The van der Waals surface area contributed by atoms with Crippen molar-refractivity contribution in [2.45, 2.75) is 25.1 Å². The van der Waals surface area contributed by atoms with E-state index in [1.165, 1.54) is 46.0 Å². The third kappa shape index (κ3) is 3.98. The second-order valence-corrected chi connectivity index (χ2v) is 8.48. The van der Waals surface area contributed by atoms with Gasteiger partial charge < -0.3 is 5.11 Å². The molecule has 5 rings (SSSR count). The van der Waals surface area contributed by atoms with E-state index < -0.39 is 28.8 Å². The van der Waals surface area contributed by atoms with Crippen LogP contribution in [0.2, 0.25) is 5.02 Å². The number of halogens is 3. The Hall–Kier alpha value is -3.96. The summed E-state index contributed by atoms with van der Waals surface area (Å²) in [5.41, 5.74) is -1.77. The van der Waals surface area contributed by atoms with Crippen LogP contribution in [0.3, 0.4) is 0 Å². The van der Waals surface area contributed by atoms with Crippen molar-refractivity contribution in [3.05, 3.63) is 100 Å². The van der Waals surface area contributed by atoms with Crippen LogP contribution in [-0.2, 0) is 12.1 Å². The second kappa shape index (κ2) is 8.67. The summed E-state index contributed by atoms with van der Waals surface area (Å²) in [6, 6.07) is 8.66. The molecular formula is C23H18ClF2N7O2. The van der Waals surface area contributed by atoms with Gasteiger partial charge in [-0.2, -0.15) is 10.2 Å². The predicted octanol–water partition coefficient (Wildman–Crippen LogP) is 3.25. The molecule has 12 heteroatoms. The van der Waals surface area contributed by atoms with Crippen LogP contribution >= 0.6 is 11.6 Å². The number of hydrogen-bond donors (Lipinski definition) is 1. The highest BCUT2D eigenvalue weighted by atomic mass is 35.5. The molecule has 2 aromatic carbocycles. The lowest BCUT2D eigenvalue weighted by atomic mass is 9.86. The van der Waals surface area contributed by atoms with Crippen molar-refractivity contribution >= 4 is 22.6 Å². The van der Waals surface area contributed by atoms with Gasteiger partial charge in [-0.05, 0) is 37.3 Å². The summed E-state index contributed by atoms with van der Waals surface area (Å²) in [7, 11) is 0. The molecule has 3 aromatic heterocycles. The van der Waals surface area contributed by atoms with Gasteiger partial charge in [-0.15, -0.1) is 0 Å². The molecule has 0 bridgehead atoms. The first-order chi connectivity index (χ1) is 16.8. The van der Waals surface area contributed by atoms with Crippen molar-refractivity contribution in [3.8, 4) is 5.69 Å². The lowest BCUT2D eigenvalue weighted by molar-refractivity contribution is -0.0343. The minimum atomic E-state index is -2.02. The number of rotatable bonds is 6. The summed E-state index contributed by atoms with van der Waals surface area (Å²) in [5.74, 6) is -1.76. The fourth-order valence-corrected chi connectivity index (χ4v) is 4.17. The van der Waals surface area contributed by atoms with Crippen LogP contribution in [0.15, 0.2) is 72.4 Å². The molecule has 0 spiro atoms. The van der Waals surface area contributed by atoms with E-state index in [2.05, 4.69) is 20.2 Å². The lowest BCUT2D eigenvalue weighted by Crippen LogP contribution is -2.43. The Labute approximate surface area is 201 Å². The third-order valence-electron chi connectivity index (χ3n) is 5.96. The van der Waals surface area contributed by atoms with Gasteiger partial charge in [0.15, 0.2) is 5.65 Å². The van der Waals surface area contributed by atoms with Crippen LogP contribution in [0.25, 0.3) is 16.7 Å². The number of aliphatic hydroxyl groups is 1. The zero-order valence-corrected chi connectivity index (χ0v) is 19.0. The minimum Gasteiger partial charge on any atom is -0.381 e. The molecule has 0 radical (unpaired) electrons. The van der Waals surface area contributed by atoms with E-state index in [0.29, 0.717) is 22.4 Å². The zero-order valence-electron chi connectivity index (χ0n) is 18.3. The van der Waals surface area contributed by atoms with Crippen LogP contribution in [-0.4, -0.2) is 39.2 Å². The topological polar surface area (TPSA) is 104 Å². The number of benzene rings is 2. The van der Waals surface area contributed by atoms with E-state index in [4.69, 9.17) is 11.6 Å². The van der Waals surface area contributed by atoms with Gasteiger partial charge in [0.05, 0.1) is 24.5 Å². The quantitative estimate of drug-likeness (QED) is 0.386. The Kier molecular flexibility index (Phi) is 5.65. The number of fused-ring (bicyclic) bond motifs is 1. The molecular weight excluding hydrogens is 480 g/mol. The molecule has 5 aromatic rings.